The zero-order valence-corrected chi connectivity index (χ0v) is 37.8. The molecule has 3 aromatic carbocycles. The minimum absolute atomic E-state index is 0.0352. The Labute approximate surface area is 369 Å². The van der Waals surface area contributed by atoms with Crippen molar-refractivity contribution in [1.29, 1.82) is 0 Å². The molecule has 62 heavy (non-hydrogen) atoms. The second-order valence-corrected chi connectivity index (χ2v) is 17.8. The molecule has 1 aliphatic heterocycles. The monoisotopic (exact) mass is 862 g/mol. The second kappa shape index (κ2) is 21.7. The number of carbonyl (C=O) groups is 3. The lowest BCUT2D eigenvalue weighted by Crippen LogP contribution is -2.37. The highest BCUT2D eigenvalue weighted by atomic mass is 32.2. The van der Waals surface area contributed by atoms with Gasteiger partial charge < -0.3 is 25.0 Å². The van der Waals surface area contributed by atoms with Crippen LogP contribution in [0.25, 0.3) is 22.2 Å². The first-order valence-electron chi connectivity index (χ1n) is 22.0. The zero-order valence-electron chi connectivity index (χ0n) is 37.0. The Morgan fingerprint density at radius 3 is 2.24 bits per heavy atom. The van der Waals surface area contributed by atoms with Gasteiger partial charge in [0.25, 0.3) is 0 Å². The number of imidazole rings is 1. The summed E-state index contributed by atoms with van der Waals surface area (Å²) in [5.74, 6) is 2.82. The predicted molar refractivity (Wildman–Crippen MR) is 249 cm³/mol. The van der Waals surface area contributed by atoms with Crippen molar-refractivity contribution in [2.24, 2.45) is 7.05 Å². The van der Waals surface area contributed by atoms with Crippen molar-refractivity contribution in [1.82, 2.24) is 28.7 Å². The summed E-state index contributed by atoms with van der Waals surface area (Å²) in [5.41, 5.74) is 4.08. The molecule has 1 saturated carbocycles. The number of carbonyl (C=O) groups excluding carboxylic acids is 3. The maximum Gasteiger partial charge on any atom is 0.329 e. The van der Waals surface area contributed by atoms with E-state index in [0.29, 0.717) is 22.7 Å². The first kappa shape index (κ1) is 46.2. The van der Waals surface area contributed by atoms with E-state index in [1.54, 1.807) is 19.0 Å². The quantitative estimate of drug-likeness (QED) is 0.0573. The van der Waals surface area contributed by atoms with Crippen molar-refractivity contribution in [3.8, 4) is 22.6 Å². The normalized spacial score (nSPS) is 15.4. The number of aryl methyl sites for hydroxylation is 1. The van der Waals surface area contributed by atoms with E-state index in [4.69, 9.17) is 14.7 Å². The van der Waals surface area contributed by atoms with Gasteiger partial charge >= 0.3 is 5.69 Å². The molecule has 2 N–H and O–H groups in total. The molecule has 1 amide bonds. The molecule has 3 heterocycles. The molecule has 0 radical (unpaired) electrons. The van der Waals surface area contributed by atoms with Crippen molar-refractivity contribution < 1.29 is 19.1 Å². The molecule has 5 aromatic rings. The standard InChI is InChI=1S/C46H55N7O5S.C2H7N/c1-5-9-35(10-6-2)52(31-56)43-40(46(3)22-23-46)29-47-44(49-43)48-34-20-24-51(25-21-34)59-39-13-7-12-38(28-39)58-37-17-14-32(15-18-37)33-16-19-41-42(27-33)50(4)45(57)53(41)36(30-55)11-8-26-54;1-3-2/h7,12-19,26-31,34-36H,5-6,8-11,20-25H2,1-4H3,(H,47,48,49);3H,1-2H3. The largest absolute Gasteiger partial charge is 0.457 e. The van der Waals surface area contributed by atoms with Gasteiger partial charge in [-0.05, 0) is 130 Å². The third-order valence-corrected chi connectivity index (χ3v) is 12.9. The number of hydrogen-bond donors (Lipinski definition) is 2. The number of ether oxygens (including phenoxy) is 1. The molecule has 14 heteroatoms. The summed E-state index contributed by atoms with van der Waals surface area (Å²) in [5, 5.41) is 6.36. The first-order chi connectivity index (χ1) is 30.1. The summed E-state index contributed by atoms with van der Waals surface area (Å²) in [7, 11) is 5.44. The van der Waals surface area contributed by atoms with E-state index in [1.807, 2.05) is 79.8 Å². The van der Waals surface area contributed by atoms with E-state index in [-0.39, 0.29) is 36.0 Å². The molecule has 1 atom stereocenters. The van der Waals surface area contributed by atoms with Crippen molar-refractivity contribution >= 4 is 53.7 Å². The van der Waals surface area contributed by atoms with Gasteiger partial charge in [0.15, 0.2) is 0 Å². The fraction of sp³-hybridized carbons (Fsp3) is 0.458. The summed E-state index contributed by atoms with van der Waals surface area (Å²) in [4.78, 5) is 61.2. The Balaban J connectivity index is 0.00000208. The first-order valence-corrected chi connectivity index (χ1v) is 22.7. The van der Waals surface area contributed by atoms with Gasteiger partial charge in [0.1, 0.15) is 29.9 Å². The van der Waals surface area contributed by atoms with E-state index in [2.05, 4.69) is 47.8 Å². The number of nitrogens with one attached hydrogen (secondary N) is 2. The number of amides is 1. The Morgan fingerprint density at radius 2 is 1.61 bits per heavy atom. The van der Waals surface area contributed by atoms with Crippen LogP contribution in [0, 0.1) is 0 Å². The van der Waals surface area contributed by atoms with E-state index < -0.39 is 6.04 Å². The van der Waals surface area contributed by atoms with E-state index >= 15 is 0 Å². The van der Waals surface area contributed by atoms with Crippen LogP contribution in [-0.4, -0.2) is 81.7 Å². The second-order valence-electron chi connectivity index (χ2n) is 16.6. The molecule has 0 bridgehead atoms. The van der Waals surface area contributed by atoms with E-state index in [0.717, 1.165) is 117 Å². The lowest BCUT2D eigenvalue weighted by atomic mass is 9.98. The Bertz CT molecular complexity index is 2330. The van der Waals surface area contributed by atoms with Crippen LogP contribution in [0.4, 0.5) is 11.8 Å². The predicted octanol–water partition coefficient (Wildman–Crippen LogP) is 8.71. The van der Waals surface area contributed by atoms with Gasteiger partial charge in [0, 0.05) is 55.3 Å². The van der Waals surface area contributed by atoms with Crippen LogP contribution < -0.4 is 26.0 Å². The number of aromatic nitrogens is 4. The van der Waals surface area contributed by atoms with Gasteiger partial charge in [-0.1, -0.05) is 57.9 Å². The molecular formula is C48H62N8O5S. The molecule has 7 rings (SSSR count). The smallest absolute Gasteiger partial charge is 0.329 e. The van der Waals surface area contributed by atoms with Gasteiger partial charge in [-0.25, -0.2) is 14.1 Å². The molecule has 13 nitrogen and oxygen atoms in total. The molecule has 2 fully saturated rings. The van der Waals surface area contributed by atoms with E-state index in [9.17, 15) is 19.2 Å². The highest BCUT2D eigenvalue weighted by molar-refractivity contribution is 7.97. The van der Waals surface area contributed by atoms with Crippen LogP contribution in [0.15, 0.2) is 82.6 Å². The third kappa shape index (κ3) is 11.0. The van der Waals surface area contributed by atoms with Crippen molar-refractivity contribution in [2.45, 2.75) is 113 Å². The van der Waals surface area contributed by atoms with Gasteiger partial charge in [-0.15, -0.1) is 0 Å². The molecule has 2 aliphatic rings. The minimum atomic E-state index is -0.698. The number of aldehydes is 2. The van der Waals surface area contributed by atoms with Crippen molar-refractivity contribution in [3.05, 3.63) is 89.0 Å². The molecule has 1 unspecified atom stereocenters. The summed E-state index contributed by atoms with van der Waals surface area (Å²) in [6.45, 7) is 8.38. The fourth-order valence-electron chi connectivity index (χ4n) is 8.15. The maximum absolute atomic E-state index is 13.1. The SMILES string of the molecule is CCCC(CCC)N(C=O)c1nc(NC2CCN(Sc3cccc(Oc4ccc(-c5ccc6c(c5)n(C)c(=O)n6C(C=O)CCC=O)cc4)c3)CC2)ncc1C1(C)CC1.CNC. The Morgan fingerprint density at radius 1 is 0.919 bits per heavy atom. The van der Waals surface area contributed by atoms with E-state index in [1.165, 1.54) is 9.13 Å². The third-order valence-electron chi connectivity index (χ3n) is 11.8. The molecule has 330 valence electrons. The van der Waals surface area contributed by atoms with Crippen LogP contribution in [-0.2, 0) is 26.8 Å². The summed E-state index contributed by atoms with van der Waals surface area (Å²) in [6, 6.07) is 21.4. The average Bonchev–Trinajstić information content (AvgIpc) is 3.98. The maximum atomic E-state index is 13.1. The van der Waals surface area contributed by atoms with Gasteiger partial charge in [0.2, 0.25) is 12.4 Å². The Hall–Kier alpha value is -5.31. The number of rotatable bonds is 20. The highest BCUT2D eigenvalue weighted by Crippen LogP contribution is 2.50. The van der Waals surface area contributed by atoms with Crippen LogP contribution in [0.1, 0.15) is 96.6 Å². The number of anilines is 2. The van der Waals surface area contributed by atoms with Crippen molar-refractivity contribution in [3.63, 3.8) is 0 Å². The molecule has 2 aromatic heterocycles. The van der Waals surface area contributed by atoms with Gasteiger partial charge in [-0.3, -0.25) is 18.8 Å². The number of benzene rings is 3. The lowest BCUT2D eigenvalue weighted by Gasteiger charge is -2.32. The van der Waals surface area contributed by atoms with Gasteiger partial charge in [0.05, 0.1) is 17.1 Å². The lowest BCUT2D eigenvalue weighted by molar-refractivity contribution is -0.111. The van der Waals surface area contributed by atoms with Gasteiger partial charge in [-0.2, -0.15) is 4.98 Å². The minimum Gasteiger partial charge on any atom is -0.457 e. The van der Waals surface area contributed by atoms with Crippen LogP contribution in [0.5, 0.6) is 11.5 Å². The zero-order chi connectivity index (χ0) is 44.2. The molecule has 0 spiro atoms. The fourth-order valence-corrected chi connectivity index (χ4v) is 9.15. The molecular weight excluding hydrogens is 801 g/mol. The summed E-state index contributed by atoms with van der Waals surface area (Å²) < 4.78 is 11.7. The number of piperidine rings is 1. The Kier molecular flexibility index (Phi) is 16.1. The van der Waals surface area contributed by atoms with Crippen molar-refractivity contribution in [2.75, 3.05) is 37.4 Å². The van der Waals surface area contributed by atoms with Crippen LogP contribution >= 0.6 is 11.9 Å². The van der Waals surface area contributed by atoms with Crippen LogP contribution in [0.3, 0.4) is 0 Å². The summed E-state index contributed by atoms with van der Waals surface area (Å²) in [6.07, 6.45) is 12.9. The number of fused-ring (bicyclic) bond motifs is 1. The molecule has 1 aliphatic carbocycles. The molecule has 1 saturated heterocycles. The number of nitrogens with zero attached hydrogens (tertiary/aromatic N) is 6. The highest BCUT2D eigenvalue weighted by Gasteiger charge is 2.43. The topological polar surface area (TPSA) is 144 Å². The number of hydrogen-bond acceptors (Lipinski definition) is 11. The average molecular weight is 863 g/mol. The summed E-state index contributed by atoms with van der Waals surface area (Å²) >= 11 is 1.73. The van der Waals surface area contributed by atoms with Crippen LogP contribution in [0.2, 0.25) is 0 Å².